The van der Waals surface area contributed by atoms with Crippen molar-refractivity contribution in [1.82, 2.24) is 21.4 Å². The van der Waals surface area contributed by atoms with E-state index in [-0.39, 0.29) is 25.5 Å². The standard InChI is InChI=1S/C20H31N5O5.C3H8/c1-4-30-20(29)24-16(11-14-8-6-5-7-9-14)18(27)22-12-17(26)23-15(10-13(2)3)19(28)25-21;1-3-2/h5-9,13,15-16H,4,10-12,21H2,1-3H3,(H,22,27)(H,23,26)(H,24,29)(H,25,28);3H2,1-2H3/t15-,16-;/m0./s1. The molecule has 186 valence electrons. The molecule has 0 unspecified atom stereocenters. The molecule has 0 heterocycles. The molecule has 0 fully saturated rings. The number of rotatable bonds is 11. The van der Waals surface area contributed by atoms with Crippen LogP contribution in [-0.4, -0.2) is 49.1 Å². The van der Waals surface area contributed by atoms with E-state index >= 15 is 0 Å². The molecule has 0 saturated heterocycles. The molecule has 0 aliphatic heterocycles. The smallest absolute Gasteiger partial charge is 0.407 e. The van der Waals surface area contributed by atoms with Gasteiger partial charge in [-0.25, -0.2) is 10.6 Å². The van der Waals surface area contributed by atoms with Gasteiger partial charge in [-0.15, -0.1) is 0 Å². The summed E-state index contributed by atoms with van der Waals surface area (Å²) in [6.07, 6.45) is 1.14. The predicted molar refractivity (Wildman–Crippen MR) is 127 cm³/mol. The number of amides is 4. The SMILES string of the molecule is CCC.CCOC(=O)N[C@@H](Cc1ccccc1)C(=O)NCC(=O)N[C@@H](CC(C)C)C(=O)NN. The summed E-state index contributed by atoms with van der Waals surface area (Å²) in [7, 11) is 0. The summed E-state index contributed by atoms with van der Waals surface area (Å²) in [6, 6.07) is 7.38. The molecule has 0 aliphatic carbocycles. The van der Waals surface area contributed by atoms with Crippen LogP contribution in [0, 0.1) is 5.92 Å². The average molecular weight is 466 g/mol. The number of nitrogens with two attached hydrogens (primary N) is 1. The van der Waals surface area contributed by atoms with Gasteiger partial charge in [0, 0.05) is 6.42 Å². The van der Waals surface area contributed by atoms with Crippen molar-refractivity contribution in [2.24, 2.45) is 11.8 Å². The van der Waals surface area contributed by atoms with Gasteiger partial charge in [0.25, 0.3) is 5.91 Å². The van der Waals surface area contributed by atoms with Gasteiger partial charge in [-0.05, 0) is 24.8 Å². The molecule has 10 heteroatoms. The van der Waals surface area contributed by atoms with Crippen LogP contribution >= 0.6 is 0 Å². The number of carbonyl (C=O) groups excluding carboxylic acids is 4. The van der Waals surface area contributed by atoms with Gasteiger partial charge in [0.1, 0.15) is 12.1 Å². The van der Waals surface area contributed by atoms with Gasteiger partial charge in [-0.1, -0.05) is 64.4 Å². The monoisotopic (exact) mass is 465 g/mol. The number of hydrogen-bond donors (Lipinski definition) is 5. The molecule has 0 radical (unpaired) electrons. The highest BCUT2D eigenvalue weighted by atomic mass is 16.5. The molecule has 0 aromatic heterocycles. The largest absolute Gasteiger partial charge is 0.450 e. The van der Waals surface area contributed by atoms with Gasteiger partial charge in [-0.3, -0.25) is 19.8 Å². The van der Waals surface area contributed by atoms with Gasteiger partial charge in [0.2, 0.25) is 11.8 Å². The number of hydrazine groups is 1. The van der Waals surface area contributed by atoms with E-state index in [2.05, 4.69) is 29.8 Å². The van der Waals surface area contributed by atoms with Crippen LogP contribution in [0.25, 0.3) is 0 Å². The van der Waals surface area contributed by atoms with Crippen molar-refractivity contribution >= 4 is 23.8 Å². The van der Waals surface area contributed by atoms with Gasteiger partial charge in [0.15, 0.2) is 0 Å². The Labute approximate surface area is 196 Å². The third-order valence-corrected chi connectivity index (χ3v) is 4.09. The van der Waals surface area contributed by atoms with E-state index in [0.29, 0.717) is 6.42 Å². The van der Waals surface area contributed by atoms with Crippen molar-refractivity contribution in [3.63, 3.8) is 0 Å². The summed E-state index contributed by atoms with van der Waals surface area (Å²) in [6.45, 7) is 9.51. The van der Waals surface area contributed by atoms with Gasteiger partial charge < -0.3 is 20.7 Å². The molecule has 2 atom stereocenters. The van der Waals surface area contributed by atoms with E-state index in [4.69, 9.17) is 10.6 Å². The molecule has 6 N–H and O–H groups in total. The number of alkyl carbamates (subject to hydrolysis) is 1. The van der Waals surface area contributed by atoms with Gasteiger partial charge >= 0.3 is 6.09 Å². The minimum Gasteiger partial charge on any atom is -0.450 e. The molecule has 4 amide bonds. The Kier molecular flexibility index (Phi) is 15.8. The van der Waals surface area contributed by atoms with E-state index in [1.807, 2.05) is 49.6 Å². The summed E-state index contributed by atoms with van der Waals surface area (Å²) in [5.41, 5.74) is 2.85. The van der Waals surface area contributed by atoms with Crippen LogP contribution in [0.3, 0.4) is 0 Å². The maximum atomic E-state index is 12.6. The first-order chi connectivity index (χ1) is 15.7. The van der Waals surface area contributed by atoms with Crippen LogP contribution in [-0.2, 0) is 25.5 Å². The number of ether oxygens (including phenoxy) is 1. The average Bonchev–Trinajstić information content (AvgIpc) is 2.77. The van der Waals surface area contributed by atoms with Crippen LogP contribution in [0.2, 0.25) is 0 Å². The summed E-state index contributed by atoms with van der Waals surface area (Å²) in [5, 5.41) is 7.53. The molecule has 1 aromatic carbocycles. The molecule has 33 heavy (non-hydrogen) atoms. The quantitative estimate of drug-likeness (QED) is 0.189. The molecular formula is C23H39N5O5. The fourth-order valence-corrected chi connectivity index (χ4v) is 2.71. The first-order valence-electron chi connectivity index (χ1n) is 11.2. The second kappa shape index (κ2) is 17.4. The zero-order chi connectivity index (χ0) is 25.2. The van der Waals surface area contributed by atoms with Crippen molar-refractivity contribution in [3.8, 4) is 0 Å². The lowest BCUT2D eigenvalue weighted by Gasteiger charge is -2.20. The number of hydrogen-bond acceptors (Lipinski definition) is 6. The van der Waals surface area contributed by atoms with Crippen molar-refractivity contribution < 1.29 is 23.9 Å². The topological polar surface area (TPSA) is 152 Å². The summed E-state index contributed by atoms with van der Waals surface area (Å²) in [5.74, 6) is 3.68. The second-order valence-electron chi connectivity index (χ2n) is 7.79. The zero-order valence-corrected chi connectivity index (χ0v) is 20.3. The molecule has 1 aromatic rings. The molecule has 0 spiro atoms. The summed E-state index contributed by atoms with van der Waals surface area (Å²) in [4.78, 5) is 48.4. The number of nitrogens with one attached hydrogen (secondary N) is 4. The molecule has 10 nitrogen and oxygen atoms in total. The Morgan fingerprint density at radius 3 is 2.06 bits per heavy atom. The Bertz CT molecular complexity index is 727. The summed E-state index contributed by atoms with van der Waals surface area (Å²) >= 11 is 0. The number of benzene rings is 1. The Morgan fingerprint density at radius 2 is 1.55 bits per heavy atom. The predicted octanol–water partition coefficient (Wildman–Crippen LogP) is 1.40. The van der Waals surface area contributed by atoms with E-state index < -0.39 is 35.9 Å². The second-order valence-corrected chi connectivity index (χ2v) is 7.79. The fourth-order valence-electron chi connectivity index (χ4n) is 2.71. The first-order valence-corrected chi connectivity index (χ1v) is 11.2. The molecule has 0 bridgehead atoms. The van der Waals surface area contributed by atoms with E-state index in [1.54, 1.807) is 6.92 Å². The Morgan fingerprint density at radius 1 is 0.939 bits per heavy atom. The van der Waals surface area contributed by atoms with E-state index in [0.717, 1.165) is 5.56 Å². The lowest BCUT2D eigenvalue weighted by atomic mass is 10.0. The maximum absolute atomic E-state index is 12.6. The molecule has 1 rings (SSSR count). The highest BCUT2D eigenvalue weighted by Gasteiger charge is 2.24. The number of carbonyl (C=O) groups is 4. The maximum Gasteiger partial charge on any atom is 0.407 e. The van der Waals surface area contributed by atoms with Crippen LogP contribution in [0.5, 0.6) is 0 Å². The normalized spacial score (nSPS) is 11.8. The van der Waals surface area contributed by atoms with E-state index in [1.165, 1.54) is 6.42 Å². The van der Waals surface area contributed by atoms with Crippen molar-refractivity contribution in [3.05, 3.63) is 35.9 Å². The van der Waals surface area contributed by atoms with Gasteiger partial charge in [-0.2, -0.15) is 0 Å². The molecular weight excluding hydrogens is 426 g/mol. The Hall–Kier alpha value is -3.14. The minimum absolute atomic E-state index is 0.145. The van der Waals surface area contributed by atoms with E-state index in [9.17, 15) is 19.2 Å². The van der Waals surface area contributed by atoms with Crippen LogP contribution in [0.4, 0.5) is 4.79 Å². The third kappa shape index (κ3) is 13.8. The lowest BCUT2D eigenvalue weighted by molar-refractivity contribution is -0.130. The highest BCUT2D eigenvalue weighted by molar-refractivity contribution is 5.92. The minimum atomic E-state index is -0.932. The Balaban J connectivity index is 0.00000322. The zero-order valence-electron chi connectivity index (χ0n) is 20.3. The first kappa shape index (κ1) is 29.9. The van der Waals surface area contributed by atoms with Gasteiger partial charge in [0.05, 0.1) is 13.2 Å². The summed E-state index contributed by atoms with van der Waals surface area (Å²) < 4.78 is 4.85. The van der Waals surface area contributed by atoms with Crippen LogP contribution in [0.15, 0.2) is 30.3 Å². The highest BCUT2D eigenvalue weighted by Crippen LogP contribution is 2.05. The van der Waals surface area contributed by atoms with Crippen molar-refractivity contribution in [1.29, 1.82) is 0 Å². The van der Waals surface area contributed by atoms with Crippen molar-refractivity contribution in [2.75, 3.05) is 13.2 Å². The lowest BCUT2D eigenvalue weighted by Crippen LogP contribution is -2.53. The fraction of sp³-hybridized carbons (Fsp3) is 0.565. The molecule has 0 saturated carbocycles. The van der Waals surface area contributed by atoms with Crippen LogP contribution in [0.1, 0.15) is 53.0 Å². The van der Waals surface area contributed by atoms with Crippen LogP contribution < -0.4 is 27.2 Å². The van der Waals surface area contributed by atoms with Crippen molar-refractivity contribution in [2.45, 2.75) is 66.0 Å². The third-order valence-electron chi connectivity index (χ3n) is 4.09. The molecule has 0 aliphatic rings.